The summed E-state index contributed by atoms with van der Waals surface area (Å²) in [7, 11) is 0. The Hall–Kier alpha value is -3.14. The minimum atomic E-state index is -0.844. The summed E-state index contributed by atoms with van der Waals surface area (Å²) in [5.41, 5.74) is 0.638. The molecule has 2 heterocycles. The lowest BCUT2D eigenvalue weighted by Crippen LogP contribution is -2.58. The second-order valence-electron chi connectivity index (χ2n) is 7.51. The summed E-state index contributed by atoms with van der Waals surface area (Å²) in [6.45, 7) is 1.38. The van der Waals surface area contributed by atoms with Gasteiger partial charge in [-0.25, -0.2) is 18.7 Å². The monoisotopic (exact) mass is 430 g/mol. The molecule has 8 nitrogen and oxygen atoms in total. The van der Waals surface area contributed by atoms with E-state index in [2.05, 4.69) is 10.3 Å². The van der Waals surface area contributed by atoms with Crippen LogP contribution >= 0.6 is 0 Å². The summed E-state index contributed by atoms with van der Waals surface area (Å²) in [5.74, 6) is -2.46. The molecule has 0 saturated heterocycles. The van der Waals surface area contributed by atoms with Crippen LogP contribution in [0.25, 0.3) is 5.76 Å². The largest absolute Gasteiger partial charge is 0.504 e. The number of carbonyl (C=O) groups is 2. The first-order valence-electron chi connectivity index (χ1n) is 9.93. The fourth-order valence-electron chi connectivity index (χ4n) is 3.70. The molecule has 1 aliphatic rings. The molecule has 0 bridgehead atoms. The van der Waals surface area contributed by atoms with Gasteiger partial charge in [-0.3, -0.25) is 4.79 Å². The minimum Gasteiger partial charge on any atom is -0.504 e. The first-order valence-corrected chi connectivity index (χ1v) is 9.93. The Morgan fingerprint density at radius 2 is 1.97 bits per heavy atom. The minimum absolute atomic E-state index is 0.0677. The molecule has 164 valence electrons. The molecule has 0 aliphatic carbocycles. The van der Waals surface area contributed by atoms with Gasteiger partial charge in [0.25, 0.3) is 5.91 Å². The van der Waals surface area contributed by atoms with E-state index in [1.54, 1.807) is 24.3 Å². The predicted molar refractivity (Wildman–Crippen MR) is 112 cm³/mol. The number of nitrogens with zero attached hydrogens (tertiary/aromatic N) is 2. The van der Waals surface area contributed by atoms with Gasteiger partial charge in [0.1, 0.15) is 12.4 Å². The summed E-state index contributed by atoms with van der Waals surface area (Å²) in [6.07, 6.45) is 0.836. The molecule has 9 heteroatoms. The van der Waals surface area contributed by atoms with Gasteiger partial charge in [0, 0.05) is 37.4 Å². The third kappa shape index (κ3) is 4.48. The van der Waals surface area contributed by atoms with Gasteiger partial charge in [0.2, 0.25) is 0 Å². The normalized spacial score (nSPS) is 19.2. The Morgan fingerprint density at radius 1 is 1.26 bits per heavy atom. The van der Waals surface area contributed by atoms with Crippen molar-refractivity contribution in [2.75, 3.05) is 19.7 Å². The van der Waals surface area contributed by atoms with Gasteiger partial charge in [0.05, 0.1) is 12.6 Å². The van der Waals surface area contributed by atoms with Crippen molar-refractivity contribution in [3.8, 4) is 0 Å². The number of carbonyl (C=O) groups excluding carboxylic acids is 2. The fraction of sp³-hybridized carbons (Fsp3) is 0.318. The Balaban J connectivity index is 2.15. The molecule has 2 unspecified atom stereocenters. The number of fused-ring (bicyclic) bond motifs is 1. The van der Waals surface area contributed by atoms with Gasteiger partial charge in [0.15, 0.2) is 22.7 Å². The Bertz CT molecular complexity index is 1010. The third-order valence-electron chi connectivity index (χ3n) is 5.16. The van der Waals surface area contributed by atoms with E-state index in [0.717, 1.165) is 0 Å². The molecule has 2 amide bonds. The van der Waals surface area contributed by atoms with E-state index < -0.39 is 39.6 Å². The summed E-state index contributed by atoms with van der Waals surface area (Å²) in [6, 6.07) is 8.91. The number of pyridine rings is 1. The van der Waals surface area contributed by atoms with E-state index in [4.69, 9.17) is 0 Å². The van der Waals surface area contributed by atoms with E-state index in [-0.39, 0.29) is 38.4 Å². The highest BCUT2D eigenvalue weighted by atomic mass is 19.1. The zero-order chi connectivity index (χ0) is 22.6. The summed E-state index contributed by atoms with van der Waals surface area (Å²) < 4.78 is 13.0. The average molecular weight is 430 g/mol. The number of benzene rings is 1. The molecular formula is C22H25FN3O5+. The van der Waals surface area contributed by atoms with E-state index in [1.807, 2.05) is 0 Å². The lowest BCUT2D eigenvalue weighted by molar-refractivity contribution is -0.130. The maximum Gasteiger partial charge on any atom is 0.360 e. The van der Waals surface area contributed by atoms with Crippen LogP contribution in [0.4, 0.5) is 10.1 Å². The van der Waals surface area contributed by atoms with Crippen LogP contribution in [0, 0.1) is 5.82 Å². The number of aliphatic hydroxyl groups excluding tert-OH is 3. The van der Waals surface area contributed by atoms with Crippen molar-refractivity contribution in [2.45, 2.75) is 26.0 Å². The molecular weight excluding hydrogens is 405 g/mol. The number of quaternary nitrogens is 1. The van der Waals surface area contributed by atoms with Gasteiger partial charge in [-0.05, 0) is 25.1 Å². The molecule has 3 rings (SSSR count). The van der Waals surface area contributed by atoms with Crippen molar-refractivity contribution in [3.05, 3.63) is 65.2 Å². The van der Waals surface area contributed by atoms with Crippen LogP contribution in [0.5, 0.6) is 0 Å². The topological polar surface area (TPSA) is 120 Å². The molecule has 1 aliphatic heterocycles. The molecule has 2 aromatic rings. The van der Waals surface area contributed by atoms with E-state index >= 15 is 0 Å². The lowest BCUT2D eigenvalue weighted by Gasteiger charge is -2.39. The molecule has 0 saturated carbocycles. The van der Waals surface area contributed by atoms with Crippen LogP contribution in [0.3, 0.4) is 0 Å². The average Bonchev–Trinajstić information content (AvgIpc) is 2.76. The predicted octanol–water partition coefficient (Wildman–Crippen LogP) is 1.42. The number of hydrogen-bond acceptors (Lipinski definition) is 6. The zero-order valence-electron chi connectivity index (χ0n) is 17.1. The van der Waals surface area contributed by atoms with Gasteiger partial charge in [-0.2, -0.15) is 0 Å². The van der Waals surface area contributed by atoms with Crippen LogP contribution in [0.15, 0.2) is 48.2 Å². The Morgan fingerprint density at radius 3 is 2.61 bits per heavy atom. The van der Waals surface area contributed by atoms with Crippen LogP contribution in [-0.2, 0) is 16.1 Å². The van der Waals surface area contributed by atoms with Gasteiger partial charge in [-0.15, -0.1) is 0 Å². The van der Waals surface area contributed by atoms with Gasteiger partial charge < -0.3 is 20.6 Å². The van der Waals surface area contributed by atoms with Crippen LogP contribution in [0.2, 0.25) is 0 Å². The molecule has 0 fully saturated rings. The number of aromatic nitrogens is 1. The lowest BCUT2D eigenvalue weighted by atomic mass is 9.97. The van der Waals surface area contributed by atoms with Crippen molar-refractivity contribution in [3.63, 3.8) is 0 Å². The smallest absolute Gasteiger partial charge is 0.360 e. The van der Waals surface area contributed by atoms with Crippen molar-refractivity contribution in [1.29, 1.82) is 0 Å². The quantitative estimate of drug-likeness (QED) is 0.371. The number of aliphatic hydroxyl groups is 3. The second kappa shape index (κ2) is 9.34. The van der Waals surface area contributed by atoms with Crippen molar-refractivity contribution < 1.29 is 29.3 Å². The second-order valence-corrected chi connectivity index (χ2v) is 7.51. The van der Waals surface area contributed by atoms with E-state index in [9.17, 15) is 29.3 Å². The summed E-state index contributed by atoms with van der Waals surface area (Å²) >= 11 is 0. The molecule has 2 atom stereocenters. The number of halogens is 1. The van der Waals surface area contributed by atoms with Crippen molar-refractivity contribution in [1.82, 2.24) is 14.8 Å². The summed E-state index contributed by atoms with van der Waals surface area (Å²) in [4.78, 5) is 30.7. The van der Waals surface area contributed by atoms with E-state index in [1.165, 1.54) is 25.3 Å². The summed E-state index contributed by atoms with van der Waals surface area (Å²) in [5, 5.41) is 32.1. The molecule has 0 spiro atoms. The number of nitrogens with one attached hydrogen (secondary N) is 1. The fourth-order valence-corrected chi connectivity index (χ4v) is 3.70. The van der Waals surface area contributed by atoms with Crippen LogP contribution in [-0.4, -0.2) is 57.9 Å². The Labute approximate surface area is 178 Å². The first kappa shape index (κ1) is 22.5. The number of rotatable bonds is 8. The highest BCUT2D eigenvalue weighted by molar-refractivity contribution is 6.27. The standard InChI is InChI=1S/C22H24FN3O5/c1-14(28)12-25-21(30)18-20(29)19-17(4-2-9-24-19)26(22(18)31,10-3-11-27)13-15-5-7-16(23)8-6-15/h2,4-9,14,27-28H,3,10-13H2,1H3,(H-,25,29,30,31)/p+1. The zero-order valence-corrected chi connectivity index (χ0v) is 17.1. The highest BCUT2D eigenvalue weighted by Gasteiger charge is 2.51. The highest BCUT2D eigenvalue weighted by Crippen LogP contribution is 2.40. The first-order chi connectivity index (χ1) is 14.8. The van der Waals surface area contributed by atoms with Crippen LogP contribution in [0.1, 0.15) is 24.6 Å². The number of hydrogen-bond donors (Lipinski definition) is 4. The molecule has 31 heavy (non-hydrogen) atoms. The maximum absolute atomic E-state index is 13.7. The molecule has 4 N–H and O–H groups in total. The van der Waals surface area contributed by atoms with Gasteiger partial charge in [-0.1, -0.05) is 12.1 Å². The van der Waals surface area contributed by atoms with Gasteiger partial charge >= 0.3 is 5.91 Å². The van der Waals surface area contributed by atoms with E-state index in [0.29, 0.717) is 11.3 Å². The maximum atomic E-state index is 13.7. The van der Waals surface area contributed by atoms with Crippen molar-refractivity contribution in [2.24, 2.45) is 0 Å². The molecule has 1 aromatic carbocycles. The third-order valence-corrected chi connectivity index (χ3v) is 5.16. The molecule has 0 radical (unpaired) electrons. The van der Waals surface area contributed by atoms with Crippen molar-refractivity contribution >= 4 is 23.3 Å². The molecule has 1 aromatic heterocycles. The Kier molecular flexibility index (Phi) is 6.79. The van der Waals surface area contributed by atoms with Crippen LogP contribution < -0.4 is 9.80 Å². The SMILES string of the molecule is CC(O)CNC(=O)C1=C(O)c2ncccc2[N+](CCCO)(Cc2ccc(F)cc2)C1=O. The number of amides is 2.